The third-order valence-electron chi connectivity index (χ3n) is 4.61. The molecule has 110 valence electrons. The lowest BCUT2D eigenvalue weighted by atomic mass is 9.83. The van der Waals surface area contributed by atoms with Crippen molar-refractivity contribution in [2.45, 2.75) is 44.6 Å². The highest BCUT2D eigenvalue weighted by molar-refractivity contribution is 5.59. The van der Waals surface area contributed by atoms with Crippen LogP contribution in [0.1, 0.15) is 42.7 Å². The second-order valence-electron chi connectivity index (χ2n) is 6.05. The van der Waals surface area contributed by atoms with Crippen molar-refractivity contribution in [2.75, 3.05) is 7.11 Å². The molecule has 0 amide bonds. The zero-order valence-electron chi connectivity index (χ0n) is 12.9. The van der Waals surface area contributed by atoms with Crippen LogP contribution in [-0.2, 0) is 4.74 Å². The maximum atomic E-state index is 5.45. The molecule has 0 spiro atoms. The zero-order chi connectivity index (χ0) is 14.7. The summed E-state index contributed by atoms with van der Waals surface area (Å²) in [6.45, 7) is 2.11. The van der Waals surface area contributed by atoms with Gasteiger partial charge in [0, 0.05) is 18.9 Å². The molecule has 0 N–H and O–H groups in total. The fraction of sp³-hybridized carbons (Fsp3) is 0.421. The van der Waals surface area contributed by atoms with Gasteiger partial charge in [0.15, 0.2) is 0 Å². The minimum atomic E-state index is 0.459. The zero-order valence-corrected chi connectivity index (χ0v) is 12.9. The van der Waals surface area contributed by atoms with E-state index in [-0.39, 0.29) is 0 Å². The van der Waals surface area contributed by atoms with Gasteiger partial charge in [-0.1, -0.05) is 35.9 Å². The van der Waals surface area contributed by atoms with Crippen LogP contribution in [-0.4, -0.2) is 18.2 Å². The Labute approximate surface area is 127 Å². The third kappa shape index (κ3) is 3.33. The molecule has 1 aromatic carbocycles. The van der Waals surface area contributed by atoms with E-state index in [0.717, 1.165) is 5.69 Å². The normalized spacial score (nSPS) is 22.2. The maximum absolute atomic E-state index is 5.45. The van der Waals surface area contributed by atoms with Gasteiger partial charge in [0.2, 0.25) is 0 Å². The van der Waals surface area contributed by atoms with Crippen LogP contribution in [0, 0.1) is 6.92 Å². The molecule has 0 aliphatic heterocycles. The average molecular weight is 281 g/mol. The van der Waals surface area contributed by atoms with Crippen molar-refractivity contribution >= 4 is 0 Å². The lowest BCUT2D eigenvalue weighted by Gasteiger charge is -2.27. The Morgan fingerprint density at radius 2 is 1.67 bits per heavy atom. The predicted octanol–water partition coefficient (Wildman–Crippen LogP) is 4.73. The molecule has 3 rings (SSSR count). The van der Waals surface area contributed by atoms with Crippen LogP contribution in [0.5, 0.6) is 0 Å². The van der Waals surface area contributed by atoms with Gasteiger partial charge in [0.05, 0.1) is 11.8 Å². The van der Waals surface area contributed by atoms with Crippen LogP contribution < -0.4 is 0 Å². The molecule has 21 heavy (non-hydrogen) atoms. The molecule has 2 heteroatoms. The quantitative estimate of drug-likeness (QED) is 0.811. The van der Waals surface area contributed by atoms with Crippen LogP contribution in [0.2, 0.25) is 0 Å². The third-order valence-corrected chi connectivity index (χ3v) is 4.61. The number of aryl methyl sites for hydroxylation is 1. The Morgan fingerprint density at radius 3 is 2.24 bits per heavy atom. The molecular weight excluding hydrogens is 258 g/mol. The van der Waals surface area contributed by atoms with E-state index in [4.69, 9.17) is 4.74 Å². The highest BCUT2D eigenvalue weighted by Crippen LogP contribution is 2.34. The SMILES string of the molecule is COC1CCC(c2ccc(-c3ccc(C)cc3)nc2)CC1. The molecule has 1 heterocycles. The van der Waals surface area contributed by atoms with Crippen molar-refractivity contribution < 1.29 is 4.74 Å². The standard InChI is InChI=1S/C19H23NO/c1-14-3-5-16(6-4-14)19-12-9-17(13-20-19)15-7-10-18(21-2)11-8-15/h3-6,9,12-13,15,18H,7-8,10-11H2,1-2H3. The molecular formula is C19H23NO. The van der Waals surface area contributed by atoms with Gasteiger partial charge in [-0.05, 0) is 50.2 Å². The average Bonchev–Trinajstić information content (AvgIpc) is 2.56. The van der Waals surface area contributed by atoms with Crippen LogP contribution in [0.25, 0.3) is 11.3 Å². The smallest absolute Gasteiger partial charge is 0.0702 e. The van der Waals surface area contributed by atoms with E-state index < -0.39 is 0 Å². The van der Waals surface area contributed by atoms with Gasteiger partial charge in [-0.2, -0.15) is 0 Å². The molecule has 0 atom stereocenters. The topological polar surface area (TPSA) is 22.1 Å². The summed E-state index contributed by atoms with van der Waals surface area (Å²) in [7, 11) is 1.82. The van der Waals surface area contributed by atoms with E-state index in [0.29, 0.717) is 12.0 Å². The van der Waals surface area contributed by atoms with Gasteiger partial charge < -0.3 is 4.74 Å². The Morgan fingerprint density at radius 1 is 0.952 bits per heavy atom. The molecule has 1 saturated carbocycles. The first kappa shape index (κ1) is 14.3. The molecule has 1 aliphatic carbocycles. The van der Waals surface area contributed by atoms with Crippen molar-refractivity contribution in [3.8, 4) is 11.3 Å². The number of aromatic nitrogens is 1. The summed E-state index contributed by atoms with van der Waals surface area (Å²) in [5.74, 6) is 0.649. The van der Waals surface area contributed by atoms with E-state index in [2.05, 4.69) is 54.5 Å². The van der Waals surface area contributed by atoms with Gasteiger partial charge in [-0.15, -0.1) is 0 Å². The van der Waals surface area contributed by atoms with Gasteiger partial charge in [-0.25, -0.2) is 0 Å². The molecule has 1 aliphatic rings. The Balaban J connectivity index is 1.71. The Bertz CT molecular complexity index is 566. The van der Waals surface area contributed by atoms with Crippen molar-refractivity contribution in [3.05, 3.63) is 53.7 Å². The first-order chi connectivity index (χ1) is 10.3. The minimum Gasteiger partial charge on any atom is -0.381 e. The summed E-state index contributed by atoms with van der Waals surface area (Å²) in [5.41, 5.74) is 4.91. The van der Waals surface area contributed by atoms with E-state index in [1.807, 2.05) is 7.11 Å². The lowest BCUT2D eigenvalue weighted by molar-refractivity contribution is 0.0658. The van der Waals surface area contributed by atoms with Crippen LogP contribution >= 0.6 is 0 Å². The summed E-state index contributed by atoms with van der Waals surface area (Å²) in [6, 6.07) is 13.0. The second-order valence-corrected chi connectivity index (χ2v) is 6.05. The van der Waals surface area contributed by atoms with Gasteiger partial charge >= 0.3 is 0 Å². The van der Waals surface area contributed by atoms with Crippen LogP contribution in [0.3, 0.4) is 0 Å². The van der Waals surface area contributed by atoms with Gasteiger partial charge in [0.1, 0.15) is 0 Å². The first-order valence-corrected chi connectivity index (χ1v) is 7.82. The molecule has 2 aromatic rings. The monoisotopic (exact) mass is 281 g/mol. The number of methoxy groups -OCH3 is 1. The van der Waals surface area contributed by atoms with E-state index in [9.17, 15) is 0 Å². The molecule has 0 saturated heterocycles. The van der Waals surface area contributed by atoms with E-state index in [1.54, 1.807) is 0 Å². The van der Waals surface area contributed by atoms with Crippen LogP contribution in [0.15, 0.2) is 42.6 Å². The summed E-state index contributed by atoms with van der Waals surface area (Å²) in [4.78, 5) is 4.66. The van der Waals surface area contributed by atoms with E-state index >= 15 is 0 Å². The fourth-order valence-electron chi connectivity index (χ4n) is 3.17. The second kappa shape index (κ2) is 6.40. The number of pyridine rings is 1. The highest BCUT2D eigenvalue weighted by Gasteiger charge is 2.22. The van der Waals surface area contributed by atoms with Gasteiger partial charge in [0.25, 0.3) is 0 Å². The van der Waals surface area contributed by atoms with Crippen LogP contribution in [0.4, 0.5) is 0 Å². The number of benzene rings is 1. The number of hydrogen-bond donors (Lipinski definition) is 0. The number of ether oxygens (including phenoxy) is 1. The fourth-order valence-corrected chi connectivity index (χ4v) is 3.17. The van der Waals surface area contributed by atoms with Crippen molar-refractivity contribution in [1.82, 2.24) is 4.98 Å². The molecule has 0 unspecified atom stereocenters. The molecule has 0 bridgehead atoms. The Hall–Kier alpha value is -1.67. The predicted molar refractivity (Wildman–Crippen MR) is 86.4 cm³/mol. The van der Waals surface area contributed by atoms with Crippen molar-refractivity contribution in [1.29, 1.82) is 0 Å². The van der Waals surface area contributed by atoms with E-state index in [1.165, 1.54) is 42.4 Å². The molecule has 0 radical (unpaired) electrons. The Kier molecular flexibility index (Phi) is 4.35. The summed E-state index contributed by atoms with van der Waals surface area (Å²) in [5, 5.41) is 0. The number of hydrogen-bond acceptors (Lipinski definition) is 2. The number of rotatable bonds is 3. The molecule has 2 nitrogen and oxygen atoms in total. The molecule has 1 fully saturated rings. The summed E-state index contributed by atoms with van der Waals surface area (Å²) >= 11 is 0. The summed E-state index contributed by atoms with van der Waals surface area (Å²) in [6.07, 6.45) is 7.28. The molecule has 1 aromatic heterocycles. The largest absolute Gasteiger partial charge is 0.381 e. The minimum absolute atomic E-state index is 0.459. The van der Waals surface area contributed by atoms with Crippen molar-refractivity contribution in [3.63, 3.8) is 0 Å². The number of nitrogens with zero attached hydrogens (tertiary/aromatic N) is 1. The van der Waals surface area contributed by atoms with Gasteiger partial charge in [-0.3, -0.25) is 4.98 Å². The lowest BCUT2D eigenvalue weighted by Crippen LogP contribution is -2.19. The van der Waals surface area contributed by atoms with Crippen molar-refractivity contribution in [2.24, 2.45) is 0 Å². The highest BCUT2D eigenvalue weighted by atomic mass is 16.5. The first-order valence-electron chi connectivity index (χ1n) is 7.82. The maximum Gasteiger partial charge on any atom is 0.0702 e. The summed E-state index contributed by atoms with van der Waals surface area (Å²) < 4.78 is 5.45.